The largest absolute Gasteiger partial charge is 0.497 e. The van der Waals surface area contributed by atoms with Gasteiger partial charge >= 0.3 is 0 Å². The van der Waals surface area contributed by atoms with E-state index < -0.39 is 0 Å². The highest BCUT2D eigenvalue weighted by molar-refractivity contribution is 9.11. The lowest BCUT2D eigenvalue weighted by Crippen LogP contribution is -2.17. The Morgan fingerprint density at radius 1 is 1.42 bits per heavy atom. The summed E-state index contributed by atoms with van der Waals surface area (Å²) in [6, 6.07) is 6.44. The van der Waals surface area contributed by atoms with Crippen molar-refractivity contribution in [1.29, 1.82) is 0 Å². The van der Waals surface area contributed by atoms with E-state index in [4.69, 9.17) is 16.3 Å². The van der Waals surface area contributed by atoms with E-state index in [1.54, 1.807) is 19.2 Å². The molecule has 0 saturated heterocycles. The molecule has 1 aromatic carbocycles. The van der Waals surface area contributed by atoms with Gasteiger partial charge in [0.05, 0.1) is 22.0 Å². The average molecular weight is 365 g/mol. The number of thiophene rings is 1. The van der Waals surface area contributed by atoms with E-state index in [1.165, 1.54) is 24.5 Å². The number of ether oxygens (including phenoxy) is 1. The van der Waals surface area contributed by atoms with Gasteiger partial charge in [0.2, 0.25) is 0 Å². The summed E-state index contributed by atoms with van der Waals surface area (Å²) in [6.45, 7) is 0. The molecule has 19 heavy (non-hydrogen) atoms. The van der Waals surface area contributed by atoms with Crippen molar-refractivity contribution in [2.75, 3.05) is 14.2 Å². The fourth-order valence-electron chi connectivity index (χ4n) is 1.83. The van der Waals surface area contributed by atoms with Crippen LogP contribution in [0.15, 0.2) is 28.1 Å². The summed E-state index contributed by atoms with van der Waals surface area (Å²) >= 11 is 10.9. The van der Waals surface area contributed by atoms with Gasteiger partial charge in [-0.25, -0.2) is 4.39 Å². The minimum atomic E-state index is -0.306. The molecular weight excluding hydrogens is 353 g/mol. The monoisotopic (exact) mass is 363 g/mol. The molecule has 0 amide bonds. The number of nitrogens with one attached hydrogen (secondary N) is 1. The third-order valence-corrected chi connectivity index (χ3v) is 5.30. The van der Waals surface area contributed by atoms with Crippen LogP contribution in [0, 0.1) is 5.82 Å². The van der Waals surface area contributed by atoms with E-state index in [9.17, 15) is 4.39 Å². The Balaban J connectivity index is 2.42. The third-order valence-electron chi connectivity index (χ3n) is 2.76. The molecule has 102 valence electrons. The van der Waals surface area contributed by atoms with E-state index in [1.807, 2.05) is 6.07 Å². The van der Waals surface area contributed by atoms with Gasteiger partial charge in [-0.3, -0.25) is 0 Å². The average Bonchev–Trinajstić information content (AvgIpc) is 2.72. The first-order valence-corrected chi connectivity index (χ1v) is 7.51. The number of halogens is 3. The second kappa shape index (κ2) is 6.22. The highest BCUT2D eigenvalue weighted by Crippen LogP contribution is 2.38. The molecule has 2 nitrogen and oxygen atoms in total. The minimum Gasteiger partial charge on any atom is -0.497 e. The summed E-state index contributed by atoms with van der Waals surface area (Å²) in [5, 5.41) is 3.74. The Kier molecular flexibility index (Phi) is 4.84. The number of hydrogen-bond donors (Lipinski definition) is 1. The van der Waals surface area contributed by atoms with Crippen molar-refractivity contribution in [3.8, 4) is 5.75 Å². The van der Waals surface area contributed by atoms with E-state index in [2.05, 4.69) is 21.2 Å². The number of hydrogen-bond acceptors (Lipinski definition) is 3. The van der Waals surface area contributed by atoms with Crippen LogP contribution < -0.4 is 10.1 Å². The Hall–Kier alpha value is -0.620. The van der Waals surface area contributed by atoms with Crippen molar-refractivity contribution >= 4 is 38.9 Å². The molecule has 0 aliphatic carbocycles. The van der Waals surface area contributed by atoms with Crippen LogP contribution in [0.5, 0.6) is 5.75 Å². The summed E-state index contributed by atoms with van der Waals surface area (Å²) in [5.41, 5.74) is 0.564. The van der Waals surface area contributed by atoms with E-state index >= 15 is 0 Å². The van der Waals surface area contributed by atoms with Crippen LogP contribution in [0.4, 0.5) is 4.39 Å². The van der Waals surface area contributed by atoms with E-state index in [-0.39, 0.29) is 11.9 Å². The maximum absolute atomic E-state index is 14.1. The molecule has 1 atom stereocenters. The molecule has 6 heteroatoms. The van der Waals surface area contributed by atoms with Gasteiger partial charge in [0.25, 0.3) is 0 Å². The lowest BCUT2D eigenvalue weighted by Gasteiger charge is -2.16. The zero-order valence-electron chi connectivity index (χ0n) is 10.3. The van der Waals surface area contributed by atoms with Gasteiger partial charge in [0.15, 0.2) is 0 Å². The lowest BCUT2D eigenvalue weighted by atomic mass is 10.0. The fourth-order valence-corrected chi connectivity index (χ4v) is 3.70. The number of methoxy groups -OCH3 is 1. The topological polar surface area (TPSA) is 21.3 Å². The predicted octanol–water partition coefficient (Wildman–Crippen LogP) is 4.62. The van der Waals surface area contributed by atoms with Gasteiger partial charge in [-0.15, -0.1) is 11.3 Å². The minimum absolute atomic E-state index is 0.236. The first-order valence-electron chi connectivity index (χ1n) is 5.52. The van der Waals surface area contributed by atoms with E-state index in [0.717, 1.165) is 8.66 Å². The SMILES string of the molecule is CNC(c1cc(Cl)c(Br)s1)c1ccc(OC)cc1F. The summed E-state index contributed by atoms with van der Waals surface area (Å²) in [4.78, 5) is 0.948. The van der Waals surface area contributed by atoms with Gasteiger partial charge in [-0.05, 0) is 35.1 Å². The molecule has 0 fully saturated rings. The zero-order chi connectivity index (χ0) is 14.0. The van der Waals surface area contributed by atoms with E-state index in [0.29, 0.717) is 16.3 Å². The van der Waals surface area contributed by atoms with Crippen molar-refractivity contribution in [3.05, 3.63) is 49.3 Å². The molecule has 1 heterocycles. The lowest BCUT2D eigenvalue weighted by molar-refractivity contribution is 0.410. The zero-order valence-corrected chi connectivity index (χ0v) is 13.5. The van der Waals surface area contributed by atoms with Gasteiger partial charge in [-0.1, -0.05) is 17.7 Å². The molecule has 2 aromatic rings. The fraction of sp³-hybridized carbons (Fsp3) is 0.231. The van der Waals surface area contributed by atoms with Crippen LogP contribution in [-0.2, 0) is 0 Å². The van der Waals surface area contributed by atoms with Crippen molar-refractivity contribution < 1.29 is 9.13 Å². The van der Waals surface area contributed by atoms with Crippen LogP contribution in [0.25, 0.3) is 0 Å². The molecule has 1 unspecified atom stereocenters. The number of benzene rings is 1. The smallest absolute Gasteiger partial charge is 0.132 e. The molecule has 0 saturated carbocycles. The van der Waals surface area contributed by atoms with Crippen LogP contribution in [0.3, 0.4) is 0 Å². The maximum Gasteiger partial charge on any atom is 0.132 e. The van der Waals surface area contributed by atoms with Crippen molar-refractivity contribution in [3.63, 3.8) is 0 Å². The molecule has 0 bridgehead atoms. The number of rotatable bonds is 4. The molecule has 1 aromatic heterocycles. The second-order valence-corrected chi connectivity index (χ2v) is 6.69. The normalized spacial score (nSPS) is 12.5. The summed E-state index contributed by atoms with van der Waals surface area (Å²) in [7, 11) is 3.30. The Morgan fingerprint density at radius 3 is 2.63 bits per heavy atom. The highest BCUT2D eigenvalue weighted by atomic mass is 79.9. The van der Waals surface area contributed by atoms with Gasteiger partial charge < -0.3 is 10.1 Å². The van der Waals surface area contributed by atoms with Crippen LogP contribution in [0.1, 0.15) is 16.5 Å². The van der Waals surface area contributed by atoms with Crippen molar-refractivity contribution in [2.45, 2.75) is 6.04 Å². The second-order valence-electron chi connectivity index (χ2n) is 3.88. The van der Waals surface area contributed by atoms with Crippen LogP contribution in [-0.4, -0.2) is 14.2 Å². The van der Waals surface area contributed by atoms with Gasteiger partial charge in [-0.2, -0.15) is 0 Å². The Labute approximate surface area is 128 Å². The Bertz CT molecular complexity index is 571. The molecule has 0 aliphatic heterocycles. The molecule has 1 N–H and O–H groups in total. The molecule has 0 aliphatic rings. The standard InChI is InChI=1S/C13H12BrClFNOS/c1-17-12(11-6-9(15)13(14)19-11)8-4-3-7(18-2)5-10(8)16/h3-6,12,17H,1-2H3. The molecule has 0 radical (unpaired) electrons. The first-order chi connectivity index (χ1) is 9.06. The van der Waals surface area contributed by atoms with Gasteiger partial charge in [0, 0.05) is 16.5 Å². The maximum atomic E-state index is 14.1. The molecule has 0 spiro atoms. The molecule has 2 rings (SSSR count). The third kappa shape index (κ3) is 3.11. The van der Waals surface area contributed by atoms with Crippen molar-refractivity contribution in [2.24, 2.45) is 0 Å². The quantitative estimate of drug-likeness (QED) is 0.854. The predicted molar refractivity (Wildman–Crippen MR) is 80.9 cm³/mol. The van der Waals surface area contributed by atoms with Crippen LogP contribution >= 0.6 is 38.9 Å². The van der Waals surface area contributed by atoms with Crippen molar-refractivity contribution in [1.82, 2.24) is 5.32 Å². The molecular formula is C13H12BrClFNOS. The van der Waals surface area contributed by atoms with Crippen LogP contribution in [0.2, 0.25) is 5.02 Å². The highest BCUT2D eigenvalue weighted by Gasteiger charge is 2.20. The van der Waals surface area contributed by atoms with Gasteiger partial charge in [0.1, 0.15) is 11.6 Å². The summed E-state index contributed by atoms with van der Waals surface area (Å²) in [5.74, 6) is 0.195. The first kappa shape index (κ1) is 14.8. The summed E-state index contributed by atoms with van der Waals surface area (Å²) in [6.07, 6.45) is 0. The summed E-state index contributed by atoms with van der Waals surface area (Å²) < 4.78 is 20.0. The Morgan fingerprint density at radius 2 is 2.16 bits per heavy atom.